The van der Waals surface area contributed by atoms with E-state index in [0.717, 1.165) is 24.8 Å². The zero-order valence-electron chi connectivity index (χ0n) is 22.0. The molecule has 7 nitrogen and oxygen atoms in total. The Kier molecular flexibility index (Phi) is 11.4. The summed E-state index contributed by atoms with van der Waals surface area (Å²) in [6.07, 6.45) is 2.22. The van der Waals surface area contributed by atoms with Crippen LogP contribution in [0, 0.1) is 6.92 Å². The quantitative estimate of drug-likeness (QED) is 0.323. The lowest BCUT2D eigenvalue weighted by Crippen LogP contribution is -2.59. The van der Waals surface area contributed by atoms with Crippen LogP contribution in [-0.4, -0.2) is 52.3 Å². The second-order valence-corrected chi connectivity index (χ2v) is 10.9. The van der Waals surface area contributed by atoms with Crippen molar-refractivity contribution in [3.8, 4) is 0 Å². The number of alkyl carbamates (subject to hydrolysis) is 1. The van der Waals surface area contributed by atoms with E-state index in [-0.39, 0.29) is 11.7 Å². The molecule has 0 saturated carbocycles. The van der Waals surface area contributed by atoms with Crippen LogP contribution in [0.25, 0.3) is 0 Å². The first-order chi connectivity index (χ1) is 15.7. The molecule has 192 valence electrons. The monoisotopic (exact) mass is 493 g/mol. The largest absolute Gasteiger partial charge is 0.444 e. The van der Waals surface area contributed by atoms with Crippen LogP contribution in [0.1, 0.15) is 84.9 Å². The zero-order chi connectivity index (χ0) is 26.1. The van der Waals surface area contributed by atoms with Gasteiger partial charge in [0.25, 0.3) is 0 Å². The second-order valence-electron chi connectivity index (χ2n) is 10.6. The molecule has 34 heavy (non-hydrogen) atoms. The number of aryl methyl sites for hydroxylation is 1. The third-order valence-corrected chi connectivity index (χ3v) is 5.44. The van der Waals surface area contributed by atoms with Crippen LogP contribution in [0.15, 0.2) is 24.3 Å². The minimum Gasteiger partial charge on any atom is -0.444 e. The van der Waals surface area contributed by atoms with E-state index >= 15 is 0 Å². The Morgan fingerprint density at radius 1 is 1.09 bits per heavy atom. The number of carbonyl (C=O) groups is 3. The van der Waals surface area contributed by atoms with Gasteiger partial charge in [-0.2, -0.15) is 12.6 Å². The van der Waals surface area contributed by atoms with E-state index in [1.165, 1.54) is 0 Å². The molecule has 2 unspecified atom stereocenters. The maximum atomic E-state index is 13.8. The van der Waals surface area contributed by atoms with Crippen molar-refractivity contribution < 1.29 is 19.1 Å². The fourth-order valence-corrected chi connectivity index (χ4v) is 3.84. The number of hydrogen-bond acceptors (Lipinski definition) is 5. The first kappa shape index (κ1) is 29.8. The average Bonchev–Trinajstić information content (AvgIpc) is 2.70. The molecule has 0 fully saturated rings. The lowest BCUT2D eigenvalue weighted by Gasteiger charge is -2.43. The Bertz CT molecular complexity index is 830. The summed E-state index contributed by atoms with van der Waals surface area (Å²) in [5.74, 6) is -0.590. The highest BCUT2D eigenvalue weighted by molar-refractivity contribution is 7.80. The summed E-state index contributed by atoms with van der Waals surface area (Å²) in [6.45, 7) is 15.5. The third kappa shape index (κ3) is 9.57. The van der Waals surface area contributed by atoms with Gasteiger partial charge in [-0.1, -0.05) is 49.6 Å². The molecule has 2 atom stereocenters. The fourth-order valence-electron chi connectivity index (χ4n) is 3.59. The van der Waals surface area contributed by atoms with E-state index in [9.17, 15) is 14.4 Å². The lowest BCUT2D eigenvalue weighted by atomic mass is 9.94. The van der Waals surface area contributed by atoms with E-state index in [0.29, 0.717) is 12.1 Å². The van der Waals surface area contributed by atoms with Crippen molar-refractivity contribution >= 4 is 30.5 Å². The molecule has 8 heteroatoms. The van der Waals surface area contributed by atoms with Crippen molar-refractivity contribution in [3.63, 3.8) is 0 Å². The van der Waals surface area contributed by atoms with Crippen LogP contribution in [0.5, 0.6) is 0 Å². The number of nitrogens with zero attached hydrogens (tertiary/aromatic N) is 1. The highest BCUT2D eigenvalue weighted by Crippen LogP contribution is 2.30. The summed E-state index contributed by atoms with van der Waals surface area (Å²) in [5.41, 5.74) is 0.274. The Balaban J connectivity index is 3.37. The van der Waals surface area contributed by atoms with Crippen LogP contribution >= 0.6 is 12.6 Å². The normalized spacial score (nSPS) is 13.6. The molecule has 0 aromatic heterocycles. The molecule has 0 bridgehead atoms. The number of benzene rings is 1. The van der Waals surface area contributed by atoms with E-state index < -0.39 is 35.2 Å². The van der Waals surface area contributed by atoms with Gasteiger partial charge in [-0.3, -0.25) is 9.59 Å². The maximum absolute atomic E-state index is 13.8. The summed E-state index contributed by atoms with van der Waals surface area (Å²) >= 11 is 4.32. The summed E-state index contributed by atoms with van der Waals surface area (Å²) in [5, 5.41) is 5.64. The van der Waals surface area contributed by atoms with E-state index in [1.54, 1.807) is 25.7 Å². The first-order valence-electron chi connectivity index (χ1n) is 12.0. The molecule has 3 amide bonds. The Hall–Kier alpha value is -2.22. The lowest BCUT2D eigenvalue weighted by molar-refractivity contribution is -0.148. The Morgan fingerprint density at radius 2 is 1.74 bits per heavy atom. The molecule has 2 N–H and O–H groups in total. The van der Waals surface area contributed by atoms with Gasteiger partial charge in [0.05, 0.1) is 0 Å². The zero-order valence-corrected chi connectivity index (χ0v) is 22.9. The highest BCUT2D eigenvalue weighted by Gasteiger charge is 2.41. The molecule has 1 rings (SSSR count). The number of carbonyl (C=O) groups excluding carboxylic acids is 3. The van der Waals surface area contributed by atoms with Crippen LogP contribution in [0.2, 0.25) is 0 Å². The molecule has 0 aliphatic rings. The van der Waals surface area contributed by atoms with Crippen LogP contribution < -0.4 is 10.6 Å². The van der Waals surface area contributed by atoms with Crippen molar-refractivity contribution in [2.45, 2.75) is 97.9 Å². The number of rotatable bonds is 10. The minimum absolute atomic E-state index is 0.0588. The van der Waals surface area contributed by atoms with E-state index in [4.69, 9.17) is 4.74 Å². The van der Waals surface area contributed by atoms with Gasteiger partial charge in [-0.25, -0.2) is 4.79 Å². The third-order valence-electron chi connectivity index (χ3n) is 5.08. The predicted octanol–water partition coefficient (Wildman–Crippen LogP) is 4.79. The van der Waals surface area contributed by atoms with Crippen LogP contribution in [0.3, 0.4) is 0 Å². The van der Waals surface area contributed by atoms with E-state index in [2.05, 4.69) is 30.2 Å². The van der Waals surface area contributed by atoms with Crippen LogP contribution in [0.4, 0.5) is 4.79 Å². The average molecular weight is 494 g/mol. The maximum Gasteiger partial charge on any atom is 0.408 e. The molecule has 0 saturated heterocycles. The van der Waals surface area contributed by atoms with E-state index in [1.807, 2.05) is 52.0 Å². The number of thiol groups is 1. The SMILES string of the molecule is CCCCCNC(=O)C(c1cccc(C)c1)N(C(=O)C(CS)NC(=O)OC(C)(C)C)C(C)(C)C. The van der Waals surface area contributed by atoms with Gasteiger partial charge in [0.2, 0.25) is 11.8 Å². The number of ether oxygens (including phenoxy) is 1. The smallest absolute Gasteiger partial charge is 0.408 e. The topological polar surface area (TPSA) is 87.7 Å². The first-order valence-corrected chi connectivity index (χ1v) is 12.6. The minimum atomic E-state index is -0.961. The van der Waals surface area contributed by atoms with Crippen molar-refractivity contribution in [1.29, 1.82) is 0 Å². The number of hydrogen-bond donors (Lipinski definition) is 3. The van der Waals surface area contributed by atoms with Gasteiger partial charge in [-0.05, 0) is 60.5 Å². The molecule has 0 aliphatic carbocycles. The second kappa shape index (κ2) is 13.0. The molecule has 0 radical (unpaired) electrons. The van der Waals surface area contributed by atoms with Crippen molar-refractivity contribution in [2.24, 2.45) is 0 Å². The fraction of sp³-hybridized carbons (Fsp3) is 0.654. The molecule has 1 aromatic rings. The highest BCUT2D eigenvalue weighted by atomic mass is 32.1. The summed E-state index contributed by atoms with van der Waals surface area (Å²) in [6, 6.07) is 5.77. The number of unbranched alkanes of at least 4 members (excludes halogenated alkanes) is 2. The number of amides is 3. The van der Waals surface area contributed by atoms with Gasteiger partial charge in [-0.15, -0.1) is 0 Å². The summed E-state index contributed by atoms with van der Waals surface area (Å²) < 4.78 is 5.34. The number of nitrogens with one attached hydrogen (secondary N) is 2. The molecular formula is C26H43N3O4S. The summed E-state index contributed by atoms with van der Waals surface area (Å²) in [4.78, 5) is 41.3. The standard InChI is InChI=1S/C26H43N3O4S/c1-9-10-11-15-27-22(30)21(19-14-12-13-18(2)16-19)29(25(3,4)5)23(31)20(17-34)28-24(32)33-26(6,7)8/h12-14,16,20-21,34H,9-11,15,17H2,1-8H3,(H,27,30)(H,28,32). The molecule has 1 aromatic carbocycles. The predicted molar refractivity (Wildman–Crippen MR) is 140 cm³/mol. The molecule has 0 aliphatic heterocycles. The molecular weight excluding hydrogens is 450 g/mol. The van der Waals surface area contributed by atoms with Crippen molar-refractivity contribution in [2.75, 3.05) is 12.3 Å². The van der Waals surface area contributed by atoms with Gasteiger partial charge in [0.15, 0.2) is 0 Å². The molecule has 0 heterocycles. The van der Waals surface area contributed by atoms with Gasteiger partial charge < -0.3 is 20.3 Å². The van der Waals surface area contributed by atoms with Crippen molar-refractivity contribution in [1.82, 2.24) is 15.5 Å². The van der Waals surface area contributed by atoms with Gasteiger partial charge >= 0.3 is 6.09 Å². The van der Waals surface area contributed by atoms with Crippen LogP contribution in [-0.2, 0) is 14.3 Å². The van der Waals surface area contributed by atoms with Gasteiger partial charge in [0, 0.05) is 17.8 Å². The van der Waals surface area contributed by atoms with Crippen molar-refractivity contribution in [3.05, 3.63) is 35.4 Å². The Morgan fingerprint density at radius 3 is 2.24 bits per heavy atom. The Labute approximate surface area is 210 Å². The molecule has 0 spiro atoms. The summed E-state index contributed by atoms with van der Waals surface area (Å²) in [7, 11) is 0. The van der Waals surface area contributed by atoms with Gasteiger partial charge in [0.1, 0.15) is 17.7 Å².